The molecule has 0 aliphatic carbocycles. The summed E-state index contributed by atoms with van der Waals surface area (Å²) in [6.45, 7) is 2.73. The monoisotopic (exact) mass is 367 g/mol. The van der Waals surface area contributed by atoms with Crippen molar-refractivity contribution in [3.05, 3.63) is 41.2 Å². The highest BCUT2D eigenvalue weighted by Gasteiger charge is 2.26. The maximum Gasteiger partial charge on any atom is 0.291 e. The Morgan fingerprint density at radius 2 is 2.04 bits per heavy atom. The smallest absolute Gasteiger partial charge is 0.291 e. The largest absolute Gasteiger partial charge is 0.337 e. The summed E-state index contributed by atoms with van der Waals surface area (Å²) < 4.78 is 42.0. The lowest BCUT2D eigenvalue weighted by Crippen LogP contribution is -2.38. The van der Waals surface area contributed by atoms with Gasteiger partial charge in [0.2, 0.25) is 15.8 Å². The summed E-state index contributed by atoms with van der Waals surface area (Å²) in [4.78, 5) is 13.5. The molecule has 1 amide bonds. The second-order valence-corrected chi connectivity index (χ2v) is 7.64. The molecule has 1 aromatic heterocycles. The van der Waals surface area contributed by atoms with Crippen molar-refractivity contribution in [1.82, 2.24) is 24.4 Å². The fourth-order valence-electron chi connectivity index (χ4n) is 2.60. The molecule has 0 fully saturated rings. The Labute approximate surface area is 144 Å². The number of carbonyl (C=O) groups excluding carboxylic acids is 1. The van der Waals surface area contributed by atoms with Gasteiger partial charge in [0.15, 0.2) is 0 Å². The zero-order valence-corrected chi connectivity index (χ0v) is 14.7. The first-order valence-electron chi connectivity index (χ1n) is 7.73. The van der Waals surface area contributed by atoms with Crippen molar-refractivity contribution < 1.29 is 17.6 Å². The first-order chi connectivity index (χ1) is 11.8. The topological polar surface area (TPSA) is 97.2 Å². The van der Waals surface area contributed by atoms with Crippen LogP contribution in [0, 0.1) is 12.7 Å². The van der Waals surface area contributed by atoms with Crippen molar-refractivity contribution in [3.8, 4) is 0 Å². The van der Waals surface area contributed by atoms with Crippen molar-refractivity contribution in [2.24, 2.45) is 0 Å². The number of hydrogen-bond donors (Lipinski definition) is 1. The van der Waals surface area contributed by atoms with Crippen LogP contribution in [0.5, 0.6) is 0 Å². The van der Waals surface area contributed by atoms with Crippen molar-refractivity contribution in [2.45, 2.75) is 24.8 Å². The number of nitrogens with zero attached hydrogens (tertiary/aromatic N) is 4. The lowest BCUT2D eigenvalue weighted by atomic mass is 10.2. The maximum atomic E-state index is 13.3. The summed E-state index contributed by atoms with van der Waals surface area (Å²) in [6.07, 6.45) is 0.295. The van der Waals surface area contributed by atoms with E-state index < -0.39 is 15.8 Å². The predicted molar refractivity (Wildman–Crippen MR) is 87.0 cm³/mol. The van der Waals surface area contributed by atoms with E-state index in [1.54, 1.807) is 16.5 Å². The first-order valence-corrected chi connectivity index (χ1v) is 9.21. The molecule has 0 spiro atoms. The molecule has 0 bridgehead atoms. The second-order valence-electron chi connectivity index (χ2n) is 5.88. The van der Waals surface area contributed by atoms with E-state index in [2.05, 4.69) is 14.9 Å². The number of carbonyl (C=O) groups is 1. The van der Waals surface area contributed by atoms with E-state index in [0.717, 1.165) is 6.07 Å². The highest BCUT2D eigenvalue weighted by molar-refractivity contribution is 7.89. The number of sulfonamides is 1. The maximum absolute atomic E-state index is 13.3. The zero-order valence-electron chi connectivity index (χ0n) is 13.9. The van der Waals surface area contributed by atoms with E-state index in [-0.39, 0.29) is 28.7 Å². The van der Waals surface area contributed by atoms with Gasteiger partial charge in [-0.1, -0.05) is 0 Å². The molecule has 0 saturated heterocycles. The van der Waals surface area contributed by atoms with E-state index in [0.29, 0.717) is 25.3 Å². The van der Waals surface area contributed by atoms with Gasteiger partial charge in [0.05, 0.1) is 4.90 Å². The van der Waals surface area contributed by atoms with Crippen molar-refractivity contribution in [1.29, 1.82) is 0 Å². The molecule has 8 nitrogen and oxygen atoms in total. The molecule has 1 aliphatic heterocycles. The molecule has 25 heavy (non-hydrogen) atoms. The van der Waals surface area contributed by atoms with Gasteiger partial charge in [0.25, 0.3) is 5.91 Å². The minimum absolute atomic E-state index is 0.00600. The standard InChI is InChI=1S/C15H18FN5O3S/c1-10-9-11(3-4-12(10)16)25(23,24)17-6-5-13-18-19-14-15(22)20(2)7-8-21(13)14/h3-4,9,17H,5-8H2,1-2H3. The lowest BCUT2D eigenvalue weighted by molar-refractivity contribution is 0.0740. The molecule has 10 heteroatoms. The second kappa shape index (κ2) is 6.52. The lowest BCUT2D eigenvalue weighted by Gasteiger charge is -2.23. The van der Waals surface area contributed by atoms with Crippen LogP contribution in [0.25, 0.3) is 0 Å². The Hall–Kier alpha value is -2.33. The van der Waals surface area contributed by atoms with Crippen LogP contribution in [-0.4, -0.2) is 54.1 Å². The molecule has 2 heterocycles. The number of aryl methyl sites for hydroxylation is 1. The molecule has 1 aliphatic rings. The summed E-state index contributed by atoms with van der Waals surface area (Å²) in [7, 11) is -2.05. The Balaban J connectivity index is 1.68. The Bertz CT molecular complexity index is 925. The summed E-state index contributed by atoms with van der Waals surface area (Å²) in [6, 6.07) is 3.63. The van der Waals surface area contributed by atoms with Crippen LogP contribution < -0.4 is 4.72 Å². The van der Waals surface area contributed by atoms with E-state index in [9.17, 15) is 17.6 Å². The third-order valence-electron chi connectivity index (χ3n) is 4.10. The number of hydrogen-bond acceptors (Lipinski definition) is 5. The Kier molecular flexibility index (Phi) is 4.56. The summed E-state index contributed by atoms with van der Waals surface area (Å²) in [5.41, 5.74) is 0.261. The molecule has 1 aromatic carbocycles. The average molecular weight is 367 g/mol. The first kappa shape index (κ1) is 17.5. The van der Waals surface area contributed by atoms with Crippen LogP contribution in [0.4, 0.5) is 4.39 Å². The van der Waals surface area contributed by atoms with Crippen molar-refractivity contribution >= 4 is 15.9 Å². The van der Waals surface area contributed by atoms with Gasteiger partial charge >= 0.3 is 0 Å². The van der Waals surface area contributed by atoms with Crippen LogP contribution in [0.2, 0.25) is 0 Å². The zero-order chi connectivity index (χ0) is 18.2. The highest BCUT2D eigenvalue weighted by Crippen LogP contribution is 2.15. The van der Waals surface area contributed by atoms with E-state index >= 15 is 0 Å². The van der Waals surface area contributed by atoms with Gasteiger partial charge in [-0.05, 0) is 30.7 Å². The Morgan fingerprint density at radius 1 is 1.28 bits per heavy atom. The fourth-order valence-corrected chi connectivity index (χ4v) is 3.72. The number of halogens is 1. The molecule has 0 atom stereocenters. The van der Waals surface area contributed by atoms with E-state index in [1.165, 1.54) is 19.1 Å². The predicted octanol–water partition coefficient (Wildman–Crippen LogP) is 0.332. The quantitative estimate of drug-likeness (QED) is 0.822. The summed E-state index contributed by atoms with van der Waals surface area (Å²) in [5.74, 6) is 0.159. The van der Waals surface area contributed by atoms with Crippen LogP contribution in [0.15, 0.2) is 23.1 Å². The summed E-state index contributed by atoms with van der Waals surface area (Å²) >= 11 is 0. The van der Waals surface area contributed by atoms with Crippen molar-refractivity contribution in [2.75, 3.05) is 20.1 Å². The van der Waals surface area contributed by atoms with Gasteiger partial charge in [0, 0.05) is 33.1 Å². The summed E-state index contributed by atoms with van der Waals surface area (Å²) in [5, 5.41) is 7.87. The number of amides is 1. The molecule has 0 radical (unpaired) electrons. The van der Waals surface area contributed by atoms with Crippen LogP contribution in [0.1, 0.15) is 22.0 Å². The molecule has 1 N–H and O–H groups in total. The van der Waals surface area contributed by atoms with Gasteiger partial charge in [-0.15, -0.1) is 10.2 Å². The van der Waals surface area contributed by atoms with E-state index in [4.69, 9.17) is 0 Å². The van der Waals surface area contributed by atoms with Crippen LogP contribution >= 0.6 is 0 Å². The van der Waals surface area contributed by atoms with Gasteiger partial charge in [-0.2, -0.15) is 0 Å². The van der Waals surface area contributed by atoms with Crippen LogP contribution in [0.3, 0.4) is 0 Å². The third-order valence-corrected chi connectivity index (χ3v) is 5.56. The highest BCUT2D eigenvalue weighted by atomic mass is 32.2. The number of nitrogens with one attached hydrogen (secondary N) is 1. The minimum atomic E-state index is -3.74. The number of aromatic nitrogens is 3. The molecule has 0 unspecified atom stereocenters. The van der Waals surface area contributed by atoms with Crippen molar-refractivity contribution in [3.63, 3.8) is 0 Å². The molecule has 0 saturated carbocycles. The number of rotatable bonds is 5. The third kappa shape index (κ3) is 3.40. The van der Waals surface area contributed by atoms with Gasteiger partial charge in [-0.25, -0.2) is 17.5 Å². The SMILES string of the molecule is Cc1cc(S(=O)(=O)NCCc2nnc3n2CCN(C)C3=O)ccc1F. The van der Waals surface area contributed by atoms with E-state index in [1.807, 2.05) is 0 Å². The normalized spacial score (nSPS) is 14.7. The van der Waals surface area contributed by atoms with Gasteiger partial charge < -0.3 is 9.47 Å². The minimum Gasteiger partial charge on any atom is -0.337 e. The molecule has 134 valence electrons. The average Bonchev–Trinajstić information content (AvgIpc) is 2.97. The fraction of sp³-hybridized carbons (Fsp3) is 0.400. The van der Waals surface area contributed by atoms with Gasteiger partial charge in [-0.3, -0.25) is 4.79 Å². The number of likely N-dealkylation sites (N-methyl/N-ethyl adjacent to an activating group) is 1. The van der Waals surface area contributed by atoms with Gasteiger partial charge in [0.1, 0.15) is 11.6 Å². The number of benzene rings is 1. The Morgan fingerprint density at radius 3 is 2.76 bits per heavy atom. The molecule has 3 rings (SSSR count). The molecular formula is C15H18FN5O3S. The molecule has 2 aromatic rings. The number of fused-ring (bicyclic) bond motifs is 1. The molecular weight excluding hydrogens is 349 g/mol. The van der Waals surface area contributed by atoms with Crippen LogP contribution in [-0.2, 0) is 23.0 Å².